The highest BCUT2D eigenvalue weighted by Gasteiger charge is 2.26. The molecule has 8 heteroatoms. The lowest BCUT2D eigenvalue weighted by Gasteiger charge is -2.36. The second-order valence-corrected chi connectivity index (χ2v) is 8.11. The topological polar surface area (TPSA) is 78.7 Å². The van der Waals surface area contributed by atoms with Gasteiger partial charge in [-0.15, -0.1) is 0 Å². The number of halogens is 1. The molecule has 1 amide bonds. The summed E-state index contributed by atoms with van der Waals surface area (Å²) in [4.78, 5) is 27.3. The lowest BCUT2D eigenvalue weighted by atomic mass is 9.87. The lowest BCUT2D eigenvalue weighted by Crippen LogP contribution is -2.51. The Morgan fingerprint density at radius 2 is 1.89 bits per heavy atom. The molecule has 1 aliphatic heterocycles. The van der Waals surface area contributed by atoms with E-state index in [2.05, 4.69) is 17.1 Å². The molecule has 1 saturated heterocycles. The third-order valence-corrected chi connectivity index (χ3v) is 5.83. The highest BCUT2D eigenvalue weighted by molar-refractivity contribution is 6.30. The van der Waals surface area contributed by atoms with Crippen molar-refractivity contribution in [1.82, 2.24) is 10.2 Å². The number of nitro benzene ring substituents is 1. The highest BCUT2D eigenvalue weighted by Crippen LogP contribution is 2.31. The van der Waals surface area contributed by atoms with Gasteiger partial charge in [0.05, 0.1) is 11.5 Å². The molecule has 1 heterocycles. The van der Waals surface area contributed by atoms with Crippen molar-refractivity contribution in [1.29, 1.82) is 0 Å². The fourth-order valence-electron chi connectivity index (χ4n) is 3.94. The highest BCUT2D eigenvalue weighted by atomic mass is 35.5. The number of anilines is 1. The Hall–Kier alpha value is -1.86. The summed E-state index contributed by atoms with van der Waals surface area (Å²) in [5.74, 6) is 0.851. The van der Waals surface area contributed by atoms with Crippen LogP contribution in [0.15, 0.2) is 18.2 Å². The van der Waals surface area contributed by atoms with Crippen LogP contribution in [0.2, 0.25) is 5.02 Å². The number of carbonyl (C=O) groups is 1. The number of nitrogens with one attached hydrogen (secondary N) is 1. The summed E-state index contributed by atoms with van der Waals surface area (Å²) < 4.78 is 0. The number of nitro groups is 1. The first kappa shape index (κ1) is 19.9. The standard InChI is InChI=1S/C19H27ClN4O3/c1-14-2-5-16(6-3-14)21-19(25)13-22-8-10-23(11-9-22)17-7-4-15(20)12-18(17)24(26)27/h4,7,12,14,16H,2-3,5-6,8-11,13H2,1H3,(H,21,25). The van der Waals surface area contributed by atoms with E-state index in [9.17, 15) is 14.9 Å². The summed E-state index contributed by atoms with van der Waals surface area (Å²) >= 11 is 5.89. The van der Waals surface area contributed by atoms with Crippen LogP contribution < -0.4 is 10.2 Å². The number of amides is 1. The van der Waals surface area contributed by atoms with Gasteiger partial charge < -0.3 is 10.2 Å². The number of carbonyl (C=O) groups excluding carboxylic acids is 1. The maximum Gasteiger partial charge on any atom is 0.294 e. The molecule has 1 aliphatic carbocycles. The second kappa shape index (κ2) is 8.89. The average Bonchev–Trinajstić information content (AvgIpc) is 2.64. The Bertz CT molecular complexity index is 684. The van der Waals surface area contributed by atoms with E-state index in [0.29, 0.717) is 49.5 Å². The van der Waals surface area contributed by atoms with Gasteiger partial charge in [0.2, 0.25) is 5.91 Å². The maximum absolute atomic E-state index is 12.3. The molecule has 1 N–H and O–H groups in total. The largest absolute Gasteiger partial charge is 0.363 e. The lowest BCUT2D eigenvalue weighted by molar-refractivity contribution is -0.384. The average molecular weight is 395 g/mol. The van der Waals surface area contributed by atoms with Crippen LogP contribution in [0.3, 0.4) is 0 Å². The molecule has 0 radical (unpaired) electrons. The minimum Gasteiger partial charge on any atom is -0.363 e. The minimum absolute atomic E-state index is 0.0280. The Kier molecular flexibility index (Phi) is 6.55. The molecule has 0 bridgehead atoms. The predicted octanol–water partition coefficient (Wildman–Crippen LogP) is 3.07. The smallest absolute Gasteiger partial charge is 0.294 e. The zero-order chi connectivity index (χ0) is 19.4. The maximum atomic E-state index is 12.3. The number of hydrogen-bond acceptors (Lipinski definition) is 5. The molecule has 148 valence electrons. The molecule has 7 nitrogen and oxygen atoms in total. The van der Waals surface area contributed by atoms with E-state index in [1.54, 1.807) is 12.1 Å². The van der Waals surface area contributed by atoms with Crippen LogP contribution >= 0.6 is 11.6 Å². The number of benzene rings is 1. The van der Waals surface area contributed by atoms with Gasteiger partial charge in [0.25, 0.3) is 5.69 Å². The van der Waals surface area contributed by atoms with Crippen molar-refractivity contribution in [3.63, 3.8) is 0 Å². The van der Waals surface area contributed by atoms with Crippen LogP contribution in [-0.2, 0) is 4.79 Å². The first-order valence-corrected chi connectivity index (χ1v) is 10.0. The van der Waals surface area contributed by atoms with Crippen molar-refractivity contribution in [2.45, 2.75) is 38.6 Å². The molecule has 0 atom stereocenters. The zero-order valence-corrected chi connectivity index (χ0v) is 16.5. The summed E-state index contributed by atoms with van der Waals surface area (Å²) in [6, 6.07) is 5.08. The predicted molar refractivity (Wildman–Crippen MR) is 106 cm³/mol. The second-order valence-electron chi connectivity index (χ2n) is 7.68. The van der Waals surface area contributed by atoms with Gasteiger partial charge in [-0.3, -0.25) is 19.8 Å². The van der Waals surface area contributed by atoms with E-state index in [-0.39, 0.29) is 11.6 Å². The van der Waals surface area contributed by atoms with Gasteiger partial charge in [0, 0.05) is 43.3 Å². The molecule has 27 heavy (non-hydrogen) atoms. The van der Waals surface area contributed by atoms with Gasteiger partial charge in [-0.1, -0.05) is 18.5 Å². The first-order valence-electron chi connectivity index (χ1n) is 9.63. The van der Waals surface area contributed by atoms with Crippen molar-refractivity contribution in [3.8, 4) is 0 Å². The fraction of sp³-hybridized carbons (Fsp3) is 0.632. The molecule has 0 aromatic heterocycles. The van der Waals surface area contributed by atoms with E-state index in [4.69, 9.17) is 11.6 Å². The van der Waals surface area contributed by atoms with Crippen LogP contribution in [0.1, 0.15) is 32.6 Å². The molecular formula is C19H27ClN4O3. The molecule has 2 fully saturated rings. The van der Waals surface area contributed by atoms with Crippen molar-refractivity contribution in [2.75, 3.05) is 37.6 Å². The third-order valence-electron chi connectivity index (χ3n) is 5.60. The molecular weight excluding hydrogens is 368 g/mol. The van der Waals surface area contributed by atoms with Crippen molar-refractivity contribution in [3.05, 3.63) is 33.3 Å². The minimum atomic E-state index is -0.397. The van der Waals surface area contributed by atoms with Crippen molar-refractivity contribution >= 4 is 28.9 Å². The molecule has 1 aromatic carbocycles. The molecule has 1 aromatic rings. The molecule has 3 rings (SSSR count). The van der Waals surface area contributed by atoms with Crippen LogP contribution in [0.5, 0.6) is 0 Å². The monoisotopic (exact) mass is 394 g/mol. The van der Waals surface area contributed by atoms with Crippen LogP contribution in [0.4, 0.5) is 11.4 Å². The van der Waals surface area contributed by atoms with Gasteiger partial charge in [-0.25, -0.2) is 0 Å². The fourth-order valence-corrected chi connectivity index (χ4v) is 4.10. The SMILES string of the molecule is CC1CCC(NC(=O)CN2CCN(c3ccc(Cl)cc3[N+](=O)[O-])CC2)CC1. The van der Waals surface area contributed by atoms with Crippen molar-refractivity contribution in [2.24, 2.45) is 5.92 Å². The third kappa shape index (κ3) is 5.32. The Morgan fingerprint density at radius 1 is 1.22 bits per heavy atom. The quantitative estimate of drug-likeness (QED) is 0.613. The van der Waals surface area contributed by atoms with E-state index in [1.165, 1.54) is 18.9 Å². The van der Waals surface area contributed by atoms with Crippen molar-refractivity contribution < 1.29 is 9.72 Å². The Balaban J connectivity index is 1.49. The summed E-state index contributed by atoms with van der Waals surface area (Å²) in [7, 11) is 0. The number of rotatable bonds is 5. The number of nitrogens with zero attached hydrogens (tertiary/aromatic N) is 3. The summed E-state index contributed by atoms with van der Waals surface area (Å²) in [5.41, 5.74) is 0.616. The van der Waals surface area contributed by atoms with Gasteiger partial charge in [-0.05, 0) is 43.7 Å². The van der Waals surface area contributed by atoms with Crippen LogP contribution in [0.25, 0.3) is 0 Å². The Labute approximate surface area is 164 Å². The molecule has 1 saturated carbocycles. The van der Waals surface area contributed by atoms with E-state index < -0.39 is 4.92 Å². The van der Waals surface area contributed by atoms with Crippen LogP contribution in [-0.4, -0.2) is 54.5 Å². The summed E-state index contributed by atoms with van der Waals surface area (Å²) in [6.45, 7) is 5.36. The number of piperazine rings is 1. The van der Waals surface area contributed by atoms with Gasteiger partial charge in [0.15, 0.2) is 0 Å². The summed E-state index contributed by atoms with van der Waals surface area (Å²) in [6.07, 6.45) is 4.51. The van der Waals surface area contributed by atoms with E-state index in [0.717, 1.165) is 18.8 Å². The van der Waals surface area contributed by atoms with Gasteiger partial charge >= 0.3 is 0 Å². The van der Waals surface area contributed by atoms with Crippen LogP contribution in [0, 0.1) is 16.0 Å². The molecule has 2 aliphatic rings. The molecule has 0 spiro atoms. The molecule has 0 unspecified atom stereocenters. The Morgan fingerprint density at radius 3 is 2.52 bits per heavy atom. The first-order chi connectivity index (χ1) is 12.9. The van der Waals surface area contributed by atoms with E-state index >= 15 is 0 Å². The van der Waals surface area contributed by atoms with Gasteiger partial charge in [-0.2, -0.15) is 0 Å². The zero-order valence-electron chi connectivity index (χ0n) is 15.7. The number of hydrogen-bond donors (Lipinski definition) is 1. The summed E-state index contributed by atoms with van der Waals surface area (Å²) in [5, 5.41) is 14.8. The van der Waals surface area contributed by atoms with E-state index in [1.807, 2.05) is 4.90 Å². The normalized spacial score (nSPS) is 23.9. The van der Waals surface area contributed by atoms with Gasteiger partial charge in [0.1, 0.15) is 5.69 Å².